The number of aryl methyl sites for hydroxylation is 1. The highest BCUT2D eigenvalue weighted by molar-refractivity contribution is 5.94. The summed E-state index contributed by atoms with van der Waals surface area (Å²) in [4.78, 5) is 48.0. The first kappa shape index (κ1) is 21.9. The zero-order valence-corrected chi connectivity index (χ0v) is 17.5. The number of aromatic nitrogens is 3. The van der Waals surface area contributed by atoms with Crippen LogP contribution >= 0.6 is 0 Å². The van der Waals surface area contributed by atoms with Crippen molar-refractivity contribution in [1.82, 2.24) is 15.0 Å². The molecule has 0 aliphatic rings. The molecule has 1 amide bonds. The summed E-state index contributed by atoms with van der Waals surface area (Å²) < 4.78 is 5.16. The molecule has 0 radical (unpaired) electrons. The van der Waals surface area contributed by atoms with E-state index in [0.717, 1.165) is 12.8 Å². The molecule has 2 N–H and O–H groups in total. The summed E-state index contributed by atoms with van der Waals surface area (Å²) in [5, 5.41) is 2.73. The Kier molecular flexibility index (Phi) is 7.26. The summed E-state index contributed by atoms with van der Waals surface area (Å²) in [7, 11) is 0. The van der Waals surface area contributed by atoms with E-state index < -0.39 is 5.97 Å². The summed E-state index contributed by atoms with van der Waals surface area (Å²) in [5.41, 5.74) is 2.02. The molecule has 0 bridgehead atoms. The third-order valence-electron chi connectivity index (χ3n) is 4.63. The second-order valence-electron chi connectivity index (χ2n) is 7.01. The van der Waals surface area contributed by atoms with Crippen LogP contribution in [-0.4, -0.2) is 33.4 Å². The fourth-order valence-corrected chi connectivity index (χ4v) is 2.91. The van der Waals surface area contributed by atoms with E-state index in [9.17, 15) is 14.4 Å². The first-order valence-corrected chi connectivity index (χ1v) is 10.0. The lowest BCUT2D eigenvalue weighted by Gasteiger charge is -2.09. The number of hydrogen-bond acceptors (Lipinski definition) is 6. The van der Waals surface area contributed by atoms with Crippen molar-refractivity contribution < 1.29 is 14.3 Å². The van der Waals surface area contributed by atoms with Gasteiger partial charge in [0.2, 0.25) is 5.91 Å². The van der Waals surface area contributed by atoms with Gasteiger partial charge in [0.15, 0.2) is 0 Å². The Balaban J connectivity index is 1.64. The van der Waals surface area contributed by atoms with Gasteiger partial charge in [-0.15, -0.1) is 0 Å². The Hall–Kier alpha value is -3.81. The maximum Gasteiger partial charge on any atom is 0.338 e. The molecule has 1 aromatic carbocycles. The number of unbranched alkanes of at least 4 members (excludes halogenated alkanes) is 1. The normalized spacial score (nSPS) is 10.5. The number of hydrogen-bond donors (Lipinski definition) is 2. The van der Waals surface area contributed by atoms with Crippen LogP contribution in [0.25, 0.3) is 11.4 Å². The minimum atomic E-state index is -0.395. The monoisotopic (exact) mass is 420 g/mol. The van der Waals surface area contributed by atoms with E-state index in [-0.39, 0.29) is 17.9 Å². The minimum absolute atomic E-state index is 0.123. The van der Waals surface area contributed by atoms with E-state index in [1.54, 1.807) is 55.7 Å². The van der Waals surface area contributed by atoms with Crippen molar-refractivity contribution >= 4 is 17.6 Å². The van der Waals surface area contributed by atoms with Crippen molar-refractivity contribution in [2.75, 3.05) is 11.9 Å². The van der Waals surface area contributed by atoms with Gasteiger partial charge >= 0.3 is 5.97 Å². The summed E-state index contributed by atoms with van der Waals surface area (Å²) in [6.07, 6.45) is 4.88. The van der Waals surface area contributed by atoms with Crippen molar-refractivity contribution in [3.8, 4) is 11.4 Å². The van der Waals surface area contributed by atoms with Crippen molar-refractivity contribution in [2.45, 2.75) is 33.1 Å². The highest BCUT2D eigenvalue weighted by Gasteiger charge is 2.14. The SMILES string of the molecule is CCCCOC(=O)c1ccc(NC(=O)Cc2c(C)nc(-c3cccnc3)[nH]c2=O)cc1. The molecule has 0 aliphatic heterocycles. The van der Waals surface area contributed by atoms with Crippen molar-refractivity contribution in [2.24, 2.45) is 0 Å². The molecule has 8 heteroatoms. The van der Waals surface area contributed by atoms with Crippen LogP contribution in [0.1, 0.15) is 41.4 Å². The standard InChI is InChI=1S/C23H24N4O4/c1-3-4-12-31-23(30)16-7-9-18(10-8-16)26-20(28)13-19-15(2)25-21(27-22(19)29)17-6-5-11-24-14-17/h5-11,14H,3-4,12-13H2,1-2H3,(H,26,28)(H,25,27,29). The Bertz CT molecular complexity index is 1110. The number of rotatable bonds is 8. The molecule has 0 fully saturated rings. The number of ether oxygens (including phenoxy) is 1. The Morgan fingerprint density at radius 3 is 2.58 bits per heavy atom. The maximum atomic E-state index is 12.5. The van der Waals surface area contributed by atoms with Gasteiger partial charge in [-0.25, -0.2) is 9.78 Å². The Morgan fingerprint density at radius 1 is 1.16 bits per heavy atom. The summed E-state index contributed by atoms with van der Waals surface area (Å²) in [6, 6.07) is 9.96. The largest absolute Gasteiger partial charge is 0.462 e. The maximum absolute atomic E-state index is 12.5. The van der Waals surface area contributed by atoms with Gasteiger partial charge in [-0.2, -0.15) is 0 Å². The molecular weight excluding hydrogens is 396 g/mol. The lowest BCUT2D eigenvalue weighted by atomic mass is 10.1. The van der Waals surface area contributed by atoms with Crippen molar-refractivity contribution in [1.29, 1.82) is 0 Å². The number of aromatic amines is 1. The summed E-state index contributed by atoms with van der Waals surface area (Å²) in [6.45, 7) is 4.10. The molecule has 160 valence electrons. The molecule has 31 heavy (non-hydrogen) atoms. The highest BCUT2D eigenvalue weighted by Crippen LogP contribution is 2.14. The number of nitrogens with zero attached hydrogens (tertiary/aromatic N) is 2. The molecule has 2 heterocycles. The van der Waals surface area contributed by atoms with Crippen LogP contribution in [0.5, 0.6) is 0 Å². The quantitative estimate of drug-likeness (QED) is 0.427. The molecule has 0 saturated carbocycles. The lowest BCUT2D eigenvalue weighted by Crippen LogP contribution is -2.24. The number of esters is 1. The predicted molar refractivity (Wildman–Crippen MR) is 117 cm³/mol. The zero-order chi connectivity index (χ0) is 22.2. The van der Waals surface area contributed by atoms with Gasteiger partial charge in [0.1, 0.15) is 5.82 Å². The van der Waals surface area contributed by atoms with Gasteiger partial charge < -0.3 is 15.0 Å². The predicted octanol–water partition coefficient (Wildman–Crippen LogP) is 3.28. The van der Waals surface area contributed by atoms with E-state index in [2.05, 4.69) is 20.3 Å². The molecule has 0 aliphatic carbocycles. The Morgan fingerprint density at radius 2 is 1.94 bits per heavy atom. The number of nitrogens with one attached hydrogen (secondary N) is 2. The van der Waals surface area contributed by atoms with E-state index in [4.69, 9.17) is 4.74 Å². The third-order valence-corrected chi connectivity index (χ3v) is 4.63. The average Bonchev–Trinajstić information content (AvgIpc) is 2.77. The van der Waals surface area contributed by atoms with Crippen LogP contribution in [0.3, 0.4) is 0 Å². The first-order valence-electron chi connectivity index (χ1n) is 10.0. The molecule has 0 spiro atoms. The number of benzene rings is 1. The van der Waals surface area contributed by atoms with Crippen molar-refractivity contribution in [3.05, 3.63) is 76.0 Å². The lowest BCUT2D eigenvalue weighted by molar-refractivity contribution is -0.115. The fraction of sp³-hybridized carbons (Fsp3) is 0.261. The third kappa shape index (κ3) is 5.85. The summed E-state index contributed by atoms with van der Waals surface area (Å²) >= 11 is 0. The number of carbonyl (C=O) groups excluding carboxylic acids is 2. The molecule has 0 atom stereocenters. The summed E-state index contributed by atoms with van der Waals surface area (Å²) in [5.74, 6) is -0.350. The van der Waals surface area contributed by atoms with Crippen molar-refractivity contribution in [3.63, 3.8) is 0 Å². The van der Waals surface area contributed by atoms with Gasteiger partial charge in [-0.1, -0.05) is 13.3 Å². The fourth-order valence-electron chi connectivity index (χ4n) is 2.91. The molecule has 0 saturated heterocycles. The van der Waals surface area contributed by atoms with Crippen LogP contribution in [0, 0.1) is 6.92 Å². The molecule has 3 rings (SSSR count). The smallest absolute Gasteiger partial charge is 0.338 e. The number of carbonyl (C=O) groups is 2. The Labute approximate surface area is 179 Å². The van der Waals surface area contributed by atoms with E-state index in [0.29, 0.717) is 40.5 Å². The number of H-pyrrole nitrogens is 1. The van der Waals surface area contributed by atoms with Gasteiger partial charge in [0, 0.05) is 34.9 Å². The molecule has 2 aromatic heterocycles. The van der Waals surface area contributed by atoms with Crippen LogP contribution in [0.2, 0.25) is 0 Å². The van der Waals surface area contributed by atoms with E-state index in [1.165, 1.54) is 0 Å². The molecule has 0 unspecified atom stereocenters. The van der Waals surface area contributed by atoms with Gasteiger partial charge in [-0.3, -0.25) is 14.6 Å². The second kappa shape index (κ2) is 10.3. The van der Waals surface area contributed by atoms with Gasteiger partial charge in [0.25, 0.3) is 5.56 Å². The van der Waals surface area contributed by atoms with E-state index in [1.807, 2.05) is 6.92 Å². The number of amides is 1. The first-order chi connectivity index (χ1) is 15.0. The van der Waals surface area contributed by atoms with Crippen LogP contribution in [0.15, 0.2) is 53.6 Å². The second-order valence-corrected chi connectivity index (χ2v) is 7.01. The van der Waals surface area contributed by atoms with Crippen LogP contribution < -0.4 is 10.9 Å². The van der Waals surface area contributed by atoms with Crippen LogP contribution in [0.4, 0.5) is 5.69 Å². The molecular formula is C23H24N4O4. The number of anilines is 1. The number of pyridine rings is 1. The van der Waals surface area contributed by atoms with E-state index >= 15 is 0 Å². The van der Waals surface area contributed by atoms with Gasteiger partial charge in [-0.05, 0) is 49.7 Å². The minimum Gasteiger partial charge on any atom is -0.462 e. The zero-order valence-electron chi connectivity index (χ0n) is 17.5. The van der Waals surface area contributed by atoms with Crippen LogP contribution in [-0.2, 0) is 16.0 Å². The highest BCUT2D eigenvalue weighted by atomic mass is 16.5. The van der Waals surface area contributed by atoms with Gasteiger partial charge in [0.05, 0.1) is 18.6 Å². The molecule has 8 nitrogen and oxygen atoms in total. The molecule has 3 aromatic rings. The topological polar surface area (TPSA) is 114 Å². The average molecular weight is 420 g/mol.